The summed E-state index contributed by atoms with van der Waals surface area (Å²) in [5.41, 5.74) is -1.44. The molecule has 0 aromatic carbocycles. The van der Waals surface area contributed by atoms with E-state index in [1.165, 1.54) is 0 Å². The second-order valence-electron chi connectivity index (χ2n) is 3.21. The number of hydrogen-bond donors (Lipinski definition) is 3. The van der Waals surface area contributed by atoms with Crippen LogP contribution in [0.3, 0.4) is 0 Å². The predicted molar refractivity (Wildman–Crippen MR) is 38.6 cm³/mol. The van der Waals surface area contributed by atoms with Crippen molar-refractivity contribution in [2.45, 2.75) is 24.1 Å². The molecule has 2 aliphatic rings. The van der Waals surface area contributed by atoms with Crippen molar-refractivity contribution in [3.8, 4) is 0 Å². The Morgan fingerprint density at radius 3 is 2.69 bits per heavy atom. The van der Waals surface area contributed by atoms with E-state index in [4.69, 9.17) is 19.3 Å². The van der Waals surface area contributed by atoms with E-state index in [-0.39, 0.29) is 13.4 Å². The lowest BCUT2D eigenvalue weighted by atomic mass is 9.89. The average molecular weight is 192 g/mol. The molecule has 0 saturated carbocycles. The van der Waals surface area contributed by atoms with Crippen molar-refractivity contribution < 1.29 is 29.5 Å². The summed E-state index contributed by atoms with van der Waals surface area (Å²) in [6.45, 7) is -0.453. The van der Waals surface area contributed by atoms with Crippen LogP contribution in [-0.2, 0) is 14.2 Å². The first kappa shape index (κ1) is 9.32. The van der Waals surface area contributed by atoms with Crippen LogP contribution in [-0.4, -0.2) is 59.4 Å². The molecule has 2 aliphatic heterocycles. The molecule has 2 bridgehead atoms. The second kappa shape index (κ2) is 3.16. The van der Waals surface area contributed by atoms with E-state index >= 15 is 0 Å². The topological polar surface area (TPSA) is 88.4 Å². The maximum atomic E-state index is 9.66. The van der Waals surface area contributed by atoms with Crippen molar-refractivity contribution in [1.82, 2.24) is 0 Å². The van der Waals surface area contributed by atoms with Crippen LogP contribution in [0.2, 0.25) is 0 Å². The minimum Gasteiger partial charge on any atom is -0.393 e. The third-order valence-corrected chi connectivity index (χ3v) is 2.55. The Kier molecular flexibility index (Phi) is 2.26. The standard InChI is InChI=1S/C7H12O6/c8-2-7-5(9)4(12-3-13-7)1-11-6(7)10/h4-6,8-10H,1-3H2/t4-,5-,6+,7-/m1/s1. The van der Waals surface area contributed by atoms with Crippen LogP contribution in [0.25, 0.3) is 0 Å². The van der Waals surface area contributed by atoms with Crippen LogP contribution in [0.15, 0.2) is 0 Å². The van der Waals surface area contributed by atoms with Gasteiger partial charge in [-0.3, -0.25) is 0 Å². The molecule has 0 spiro atoms. The minimum absolute atomic E-state index is 0.0529. The highest BCUT2D eigenvalue weighted by molar-refractivity contribution is 4.99. The second-order valence-corrected chi connectivity index (χ2v) is 3.21. The molecule has 6 heteroatoms. The summed E-state index contributed by atoms with van der Waals surface area (Å²) in [5, 5.41) is 28.1. The quantitative estimate of drug-likeness (QED) is 0.437. The molecule has 76 valence electrons. The molecule has 0 amide bonds. The van der Waals surface area contributed by atoms with E-state index in [1.807, 2.05) is 0 Å². The molecule has 4 atom stereocenters. The van der Waals surface area contributed by atoms with Gasteiger partial charge in [0, 0.05) is 0 Å². The first-order valence-corrected chi connectivity index (χ1v) is 4.05. The Bertz CT molecular complexity index is 197. The molecule has 3 N–H and O–H groups in total. The SMILES string of the molecule is OC[C@]12OCO[C@H](CO[C@@H]1O)[C@H]2O. The fourth-order valence-electron chi connectivity index (χ4n) is 1.62. The van der Waals surface area contributed by atoms with E-state index in [0.29, 0.717) is 0 Å². The molecular formula is C7H12O6. The fraction of sp³-hybridized carbons (Fsp3) is 1.00. The average Bonchev–Trinajstić information content (AvgIpc) is 2.13. The van der Waals surface area contributed by atoms with Crippen molar-refractivity contribution in [2.24, 2.45) is 0 Å². The highest BCUT2D eigenvalue weighted by atomic mass is 16.7. The van der Waals surface area contributed by atoms with Gasteiger partial charge in [0.2, 0.25) is 0 Å². The van der Waals surface area contributed by atoms with Gasteiger partial charge >= 0.3 is 0 Å². The first-order chi connectivity index (χ1) is 6.20. The monoisotopic (exact) mass is 192 g/mol. The molecule has 2 rings (SSSR count). The molecule has 0 unspecified atom stereocenters. The molecule has 2 saturated heterocycles. The Balaban J connectivity index is 2.25. The molecule has 2 heterocycles. The predicted octanol–water partition coefficient (Wildman–Crippen LogP) is -2.20. The number of hydrogen-bond acceptors (Lipinski definition) is 6. The summed E-state index contributed by atoms with van der Waals surface area (Å²) in [6, 6.07) is 0. The molecule has 0 aromatic rings. The van der Waals surface area contributed by atoms with Gasteiger partial charge in [0.1, 0.15) is 19.0 Å². The molecule has 2 fully saturated rings. The van der Waals surface area contributed by atoms with Crippen molar-refractivity contribution in [1.29, 1.82) is 0 Å². The number of aliphatic hydroxyl groups excluding tert-OH is 3. The van der Waals surface area contributed by atoms with Gasteiger partial charge in [-0.05, 0) is 0 Å². The molecule has 13 heavy (non-hydrogen) atoms. The van der Waals surface area contributed by atoms with Crippen molar-refractivity contribution in [2.75, 3.05) is 20.0 Å². The number of ether oxygens (including phenoxy) is 3. The summed E-state index contributed by atoms with van der Waals surface area (Å²) in [6.07, 6.45) is -2.91. The lowest BCUT2D eigenvalue weighted by Crippen LogP contribution is -2.69. The van der Waals surface area contributed by atoms with Crippen LogP contribution in [0.1, 0.15) is 0 Å². The van der Waals surface area contributed by atoms with Gasteiger partial charge in [0.25, 0.3) is 0 Å². The summed E-state index contributed by atoms with van der Waals surface area (Å²) < 4.78 is 14.9. The van der Waals surface area contributed by atoms with Crippen molar-refractivity contribution >= 4 is 0 Å². The van der Waals surface area contributed by atoms with Gasteiger partial charge in [-0.2, -0.15) is 0 Å². The third kappa shape index (κ3) is 1.18. The van der Waals surface area contributed by atoms with Gasteiger partial charge in [-0.25, -0.2) is 0 Å². The van der Waals surface area contributed by atoms with Gasteiger partial charge in [0.05, 0.1) is 13.2 Å². The normalized spacial score (nSPS) is 50.5. The van der Waals surface area contributed by atoms with Gasteiger partial charge in [-0.1, -0.05) is 0 Å². The Hall–Kier alpha value is -0.240. The Morgan fingerprint density at radius 1 is 1.31 bits per heavy atom. The van der Waals surface area contributed by atoms with Gasteiger partial charge in [-0.15, -0.1) is 0 Å². The maximum Gasteiger partial charge on any atom is 0.189 e. The molecule has 0 radical (unpaired) electrons. The van der Waals surface area contributed by atoms with Gasteiger partial charge in [0.15, 0.2) is 11.9 Å². The summed E-state index contributed by atoms with van der Waals surface area (Å²) >= 11 is 0. The summed E-state index contributed by atoms with van der Waals surface area (Å²) in [5.74, 6) is 0. The lowest BCUT2D eigenvalue weighted by Gasteiger charge is -2.49. The van der Waals surface area contributed by atoms with Crippen LogP contribution >= 0.6 is 0 Å². The maximum absolute atomic E-state index is 9.66. The van der Waals surface area contributed by atoms with E-state index < -0.39 is 30.7 Å². The Morgan fingerprint density at radius 2 is 2.08 bits per heavy atom. The van der Waals surface area contributed by atoms with Gasteiger partial charge < -0.3 is 29.5 Å². The number of aliphatic hydroxyl groups is 3. The van der Waals surface area contributed by atoms with E-state index in [0.717, 1.165) is 0 Å². The molecule has 0 aliphatic carbocycles. The zero-order chi connectivity index (χ0) is 9.47. The fourth-order valence-corrected chi connectivity index (χ4v) is 1.62. The minimum atomic E-state index is -1.44. The highest BCUT2D eigenvalue weighted by Gasteiger charge is 2.56. The lowest BCUT2D eigenvalue weighted by molar-refractivity contribution is -0.387. The van der Waals surface area contributed by atoms with Crippen LogP contribution < -0.4 is 0 Å². The first-order valence-electron chi connectivity index (χ1n) is 4.05. The third-order valence-electron chi connectivity index (χ3n) is 2.55. The summed E-state index contributed by atoms with van der Waals surface area (Å²) in [4.78, 5) is 0. The summed E-state index contributed by atoms with van der Waals surface area (Å²) in [7, 11) is 0. The van der Waals surface area contributed by atoms with E-state index in [9.17, 15) is 10.2 Å². The highest BCUT2D eigenvalue weighted by Crippen LogP contribution is 2.33. The van der Waals surface area contributed by atoms with Crippen LogP contribution in [0.4, 0.5) is 0 Å². The zero-order valence-corrected chi connectivity index (χ0v) is 6.92. The Labute approximate surface area is 74.6 Å². The van der Waals surface area contributed by atoms with Crippen LogP contribution in [0, 0.1) is 0 Å². The van der Waals surface area contributed by atoms with Crippen molar-refractivity contribution in [3.05, 3.63) is 0 Å². The number of fused-ring (bicyclic) bond motifs is 2. The smallest absolute Gasteiger partial charge is 0.189 e. The molecule has 6 nitrogen and oxygen atoms in total. The van der Waals surface area contributed by atoms with E-state index in [1.54, 1.807) is 0 Å². The number of rotatable bonds is 1. The van der Waals surface area contributed by atoms with E-state index in [2.05, 4.69) is 0 Å². The van der Waals surface area contributed by atoms with Crippen LogP contribution in [0.5, 0.6) is 0 Å². The molecular weight excluding hydrogens is 180 g/mol. The zero-order valence-electron chi connectivity index (χ0n) is 6.92. The molecule has 0 aromatic heterocycles. The largest absolute Gasteiger partial charge is 0.393 e. The van der Waals surface area contributed by atoms with Crippen molar-refractivity contribution in [3.63, 3.8) is 0 Å².